The third-order valence-electron chi connectivity index (χ3n) is 24.5. The zero-order chi connectivity index (χ0) is 49.9. The molecular formula is C66H88N2O4. The normalized spacial score (nSPS) is 50.3. The summed E-state index contributed by atoms with van der Waals surface area (Å²) in [6.07, 6.45) is 30.2. The highest BCUT2D eigenvalue weighted by Gasteiger charge is 2.71. The first-order chi connectivity index (χ1) is 33.7. The number of hydrogen-bond donors (Lipinski definition) is 4. The quantitative estimate of drug-likeness (QED) is 0.132. The van der Waals surface area contributed by atoms with Crippen LogP contribution in [0, 0.1) is 67.0 Å². The average molecular weight is 973 g/mol. The van der Waals surface area contributed by atoms with E-state index in [0.29, 0.717) is 35.0 Å². The lowest BCUT2D eigenvalue weighted by molar-refractivity contribution is -0.123. The van der Waals surface area contributed by atoms with Crippen LogP contribution in [-0.2, 0) is 21.7 Å². The summed E-state index contributed by atoms with van der Waals surface area (Å²) >= 11 is 0. The molecule has 6 nitrogen and oxygen atoms in total. The Bertz CT molecular complexity index is 2490. The Morgan fingerprint density at radius 1 is 0.347 bits per heavy atom. The number of aromatic hydroxyl groups is 2. The van der Waals surface area contributed by atoms with Crippen molar-refractivity contribution < 1.29 is 19.7 Å². The standard InChI is InChI=1S/C66H88N2O4/c1-55-15-39-16-56(2,27-55)32-63(23-39,31-55)49-50(64-24-40-17-57(3,33-64)28-58(4,18-40)34-64)54(72-44-10-12-46(68)48(70)14-44)52(66-26-42-21-61(7,37-66)30-62(8,22-42)38-66)51(53(49)71-43-9-11-45(67)47(69)13-43)65-25-41-19-59(5,35-65)29-60(6,20-41)36-65/h9-14,39-42,69-70H,15-38,67-68H2,1-8H3. The number of hydrogen-bond acceptors (Lipinski definition) is 6. The van der Waals surface area contributed by atoms with Crippen LogP contribution < -0.4 is 20.9 Å². The van der Waals surface area contributed by atoms with Gasteiger partial charge >= 0.3 is 0 Å². The minimum Gasteiger partial charge on any atom is -0.506 e. The molecule has 0 aromatic heterocycles. The largest absolute Gasteiger partial charge is 0.506 e. The molecule has 3 aromatic rings. The van der Waals surface area contributed by atoms with Gasteiger partial charge in [-0.05, 0) is 245 Å². The van der Waals surface area contributed by atoms with Crippen molar-refractivity contribution in [2.45, 2.75) is 231 Å². The molecule has 19 rings (SSSR count). The molecule has 6 N–H and O–H groups in total. The first-order valence-corrected chi connectivity index (χ1v) is 29.4. The number of nitrogens with two attached hydrogens (primary N) is 2. The van der Waals surface area contributed by atoms with Crippen molar-refractivity contribution in [3.8, 4) is 34.5 Å². The van der Waals surface area contributed by atoms with Crippen molar-refractivity contribution in [2.75, 3.05) is 11.5 Å². The summed E-state index contributed by atoms with van der Waals surface area (Å²) in [4.78, 5) is 0. The fourth-order valence-corrected chi connectivity index (χ4v) is 27.2. The molecule has 0 amide bonds. The van der Waals surface area contributed by atoms with E-state index >= 15 is 0 Å². The van der Waals surface area contributed by atoms with Gasteiger partial charge in [0.2, 0.25) is 0 Å². The van der Waals surface area contributed by atoms with E-state index in [1.54, 1.807) is 0 Å². The molecule has 16 bridgehead atoms. The maximum Gasteiger partial charge on any atom is 0.142 e. The maximum atomic E-state index is 11.6. The van der Waals surface area contributed by atoms with Crippen LogP contribution in [0.5, 0.6) is 34.5 Å². The van der Waals surface area contributed by atoms with Gasteiger partial charge in [-0.2, -0.15) is 0 Å². The molecular weight excluding hydrogens is 885 g/mol. The Labute approximate surface area is 431 Å². The van der Waals surface area contributed by atoms with E-state index in [-0.39, 0.29) is 76.5 Å². The number of anilines is 2. The summed E-state index contributed by atoms with van der Waals surface area (Å²) in [7, 11) is 0. The van der Waals surface area contributed by atoms with E-state index in [2.05, 4.69) is 67.5 Å². The van der Waals surface area contributed by atoms with Gasteiger partial charge in [0, 0.05) is 56.0 Å². The molecule has 16 aliphatic carbocycles. The molecule has 0 spiro atoms. The molecule has 8 atom stereocenters. The van der Waals surface area contributed by atoms with E-state index < -0.39 is 0 Å². The van der Waals surface area contributed by atoms with Crippen LogP contribution in [-0.4, -0.2) is 10.2 Å². The van der Waals surface area contributed by atoms with Gasteiger partial charge in [-0.25, -0.2) is 0 Å². The first-order valence-electron chi connectivity index (χ1n) is 29.4. The number of ether oxygens (including phenoxy) is 2. The molecule has 0 heterocycles. The van der Waals surface area contributed by atoms with Gasteiger partial charge < -0.3 is 31.2 Å². The molecule has 16 saturated carbocycles. The highest BCUT2D eigenvalue weighted by molar-refractivity contribution is 5.72. The van der Waals surface area contributed by atoms with Gasteiger partial charge in [0.1, 0.15) is 34.5 Å². The average Bonchev–Trinajstić information content (AvgIpc) is 3.18. The van der Waals surface area contributed by atoms with Gasteiger partial charge in [0.25, 0.3) is 0 Å². The third kappa shape index (κ3) is 6.43. The second-order valence-corrected chi connectivity index (χ2v) is 33.4. The molecule has 72 heavy (non-hydrogen) atoms. The van der Waals surface area contributed by atoms with Crippen molar-refractivity contribution in [1.82, 2.24) is 0 Å². The smallest absolute Gasteiger partial charge is 0.142 e. The summed E-state index contributed by atoms with van der Waals surface area (Å²) in [5.74, 6) is 6.75. The van der Waals surface area contributed by atoms with E-state index in [1.165, 1.54) is 188 Å². The maximum absolute atomic E-state index is 11.6. The summed E-state index contributed by atoms with van der Waals surface area (Å²) in [5, 5.41) is 23.3. The molecule has 8 unspecified atom stereocenters. The lowest BCUT2D eigenvalue weighted by Crippen LogP contribution is -2.61. The molecule has 3 aromatic carbocycles. The van der Waals surface area contributed by atoms with Gasteiger partial charge in [0.15, 0.2) is 0 Å². The van der Waals surface area contributed by atoms with E-state index in [9.17, 15) is 10.2 Å². The Hall–Kier alpha value is -3.54. The Kier molecular flexibility index (Phi) is 8.60. The number of benzene rings is 3. The van der Waals surface area contributed by atoms with Crippen LogP contribution in [0.25, 0.3) is 0 Å². The molecule has 6 heteroatoms. The van der Waals surface area contributed by atoms with Crippen molar-refractivity contribution in [3.05, 3.63) is 58.7 Å². The SMILES string of the molecule is CC12CC3CC(C)(C1)CC(c1c(Oc4ccc(N)c(O)c4)c(C45CC6CC(C)(CC(C)(C6)C4)C5)c(C45CC6CC(C)(CC(C)(C6)C4)C5)c(Oc4ccc(N)c(O)c4)c1C14CC5CC(C)(CC(C)(C5)C1)C4)(C3)C2. The second kappa shape index (κ2) is 13.5. The monoisotopic (exact) mass is 973 g/mol. The van der Waals surface area contributed by atoms with Crippen LogP contribution in [0.4, 0.5) is 11.4 Å². The van der Waals surface area contributed by atoms with Crippen LogP contribution >= 0.6 is 0 Å². The Balaban J connectivity index is 1.15. The van der Waals surface area contributed by atoms with Crippen molar-refractivity contribution >= 4 is 11.4 Å². The minimum absolute atomic E-state index is 0.104. The summed E-state index contributed by atoms with van der Waals surface area (Å²) in [5.41, 5.74) is 21.5. The summed E-state index contributed by atoms with van der Waals surface area (Å²) in [6.45, 7) is 21.4. The highest BCUT2D eigenvalue weighted by atomic mass is 16.5. The minimum atomic E-state index is -0.112. The van der Waals surface area contributed by atoms with Crippen LogP contribution in [0.15, 0.2) is 36.4 Å². The number of nitrogen functional groups attached to an aromatic ring is 2. The summed E-state index contributed by atoms with van der Waals surface area (Å²) in [6, 6.07) is 11.6. The van der Waals surface area contributed by atoms with Crippen LogP contribution in [0.1, 0.15) is 232 Å². The Morgan fingerprint density at radius 3 is 0.764 bits per heavy atom. The van der Waals surface area contributed by atoms with Crippen molar-refractivity contribution in [2.24, 2.45) is 67.0 Å². The molecule has 0 saturated heterocycles. The molecule has 386 valence electrons. The fourth-order valence-electron chi connectivity index (χ4n) is 27.2. The van der Waals surface area contributed by atoms with Gasteiger partial charge in [0.05, 0.1) is 11.4 Å². The van der Waals surface area contributed by atoms with Crippen LogP contribution in [0.3, 0.4) is 0 Å². The predicted molar refractivity (Wildman–Crippen MR) is 288 cm³/mol. The second-order valence-electron chi connectivity index (χ2n) is 33.4. The number of phenols is 2. The zero-order valence-electron chi connectivity index (χ0n) is 45.6. The van der Waals surface area contributed by atoms with Gasteiger partial charge in [-0.15, -0.1) is 0 Å². The third-order valence-corrected chi connectivity index (χ3v) is 24.5. The molecule has 16 fully saturated rings. The predicted octanol–water partition coefficient (Wildman–Crippen LogP) is 16.8. The zero-order valence-corrected chi connectivity index (χ0v) is 45.6. The molecule has 0 aliphatic heterocycles. The topological polar surface area (TPSA) is 111 Å². The van der Waals surface area contributed by atoms with E-state index in [4.69, 9.17) is 20.9 Å². The first kappa shape index (κ1) is 45.8. The van der Waals surface area contributed by atoms with Crippen molar-refractivity contribution in [3.63, 3.8) is 0 Å². The van der Waals surface area contributed by atoms with Crippen molar-refractivity contribution in [1.29, 1.82) is 0 Å². The molecule has 16 aliphatic rings. The summed E-state index contributed by atoms with van der Waals surface area (Å²) < 4.78 is 16.6. The van der Waals surface area contributed by atoms with E-state index in [0.717, 1.165) is 11.5 Å². The van der Waals surface area contributed by atoms with E-state index in [1.807, 2.05) is 24.3 Å². The number of rotatable bonds is 8. The fraction of sp³-hybridized carbons (Fsp3) is 0.727. The van der Waals surface area contributed by atoms with Gasteiger partial charge in [-0.3, -0.25) is 0 Å². The number of phenolic OH excluding ortho intramolecular Hbond substituents is 2. The lowest BCUT2D eigenvalue weighted by atomic mass is 9.34. The lowest BCUT2D eigenvalue weighted by Gasteiger charge is -2.70. The van der Waals surface area contributed by atoms with Crippen LogP contribution in [0.2, 0.25) is 0 Å². The molecule has 0 radical (unpaired) electrons. The van der Waals surface area contributed by atoms with Gasteiger partial charge in [-0.1, -0.05) is 55.4 Å². The highest BCUT2D eigenvalue weighted by Crippen LogP contribution is 2.81. The Morgan fingerprint density at radius 2 is 0.569 bits per heavy atom.